The van der Waals surface area contributed by atoms with Gasteiger partial charge in [0.1, 0.15) is 5.82 Å². The quantitative estimate of drug-likeness (QED) is 0.560. The van der Waals surface area contributed by atoms with E-state index in [0.29, 0.717) is 5.57 Å². The summed E-state index contributed by atoms with van der Waals surface area (Å²) in [7, 11) is 3.64. The molecular formula is C12H14FNO. The van der Waals surface area contributed by atoms with E-state index in [2.05, 4.69) is 0 Å². The van der Waals surface area contributed by atoms with Crippen molar-refractivity contribution < 1.29 is 9.18 Å². The number of allylic oxidation sites excluding steroid dienone is 1. The number of carbonyl (C=O) groups is 1. The van der Waals surface area contributed by atoms with Gasteiger partial charge in [0, 0.05) is 25.9 Å². The number of halogens is 1. The molecule has 0 radical (unpaired) electrons. The van der Waals surface area contributed by atoms with Crippen molar-refractivity contribution in [2.75, 3.05) is 14.1 Å². The number of hydrogen-bond donors (Lipinski definition) is 0. The van der Waals surface area contributed by atoms with Crippen LogP contribution in [0.4, 0.5) is 4.39 Å². The summed E-state index contributed by atoms with van der Waals surface area (Å²) < 4.78 is 13.3. The van der Waals surface area contributed by atoms with Crippen LogP contribution < -0.4 is 0 Å². The van der Waals surface area contributed by atoms with E-state index >= 15 is 0 Å². The summed E-state index contributed by atoms with van der Waals surface area (Å²) in [6.07, 6.45) is 1.68. The first kappa shape index (κ1) is 11.4. The number of hydrogen-bond acceptors (Lipinski definition) is 2. The number of rotatable bonds is 3. The van der Waals surface area contributed by atoms with Gasteiger partial charge >= 0.3 is 0 Å². The summed E-state index contributed by atoms with van der Waals surface area (Å²) in [6.45, 7) is 1.68. The Balaban J connectivity index is 3.01. The van der Waals surface area contributed by atoms with E-state index in [1.165, 1.54) is 12.1 Å². The fourth-order valence-electron chi connectivity index (χ4n) is 1.30. The summed E-state index contributed by atoms with van der Waals surface area (Å²) in [5.41, 5.74) is 0.637. The lowest BCUT2D eigenvalue weighted by molar-refractivity contribution is 0.102. The lowest BCUT2D eigenvalue weighted by Crippen LogP contribution is -2.09. The third kappa shape index (κ3) is 2.91. The van der Waals surface area contributed by atoms with Crippen molar-refractivity contribution >= 4 is 5.78 Å². The Kier molecular flexibility index (Phi) is 3.61. The molecule has 3 heteroatoms. The SMILES string of the molecule is C/C(=C/N(C)C)C(=O)c1ccccc1F. The monoisotopic (exact) mass is 207 g/mol. The summed E-state index contributed by atoms with van der Waals surface area (Å²) >= 11 is 0. The van der Waals surface area contributed by atoms with Crippen molar-refractivity contribution in [2.45, 2.75) is 6.92 Å². The average Bonchev–Trinajstić information content (AvgIpc) is 2.16. The fourth-order valence-corrected chi connectivity index (χ4v) is 1.30. The number of nitrogens with zero attached hydrogens (tertiary/aromatic N) is 1. The van der Waals surface area contributed by atoms with Crippen LogP contribution in [-0.2, 0) is 0 Å². The average molecular weight is 207 g/mol. The normalized spacial score (nSPS) is 11.3. The minimum atomic E-state index is -0.478. The molecular weight excluding hydrogens is 193 g/mol. The van der Waals surface area contributed by atoms with E-state index in [9.17, 15) is 9.18 Å². The van der Waals surface area contributed by atoms with E-state index in [-0.39, 0.29) is 11.3 Å². The molecule has 0 heterocycles. The first-order valence-electron chi connectivity index (χ1n) is 4.66. The molecule has 1 rings (SSSR count). The molecule has 0 aliphatic heterocycles. The number of Topliss-reactive ketones (excluding diaryl/α,β-unsaturated/α-hetero) is 1. The second-order valence-corrected chi connectivity index (χ2v) is 3.58. The van der Waals surface area contributed by atoms with Crippen LogP contribution in [0.1, 0.15) is 17.3 Å². The van der Waals surface area contributed by atoms with Gasteiger partial charge in [0.05, 0.1) is 5.56 Å². The zero-order valence-corrected chi connectivity index (χ0v) is 9.12. The van der Waals surface area contributed by atoms with Gasteiger partial charge < -0.3 is 4.90 Å². The van der Waals surface area contributed by atoms with Gasteiger partial charge in [0.15, 0.2) is 5.78 Å². The molecule has 1 aromatic rings. The van der Waals surface area contributed by atoms with Crippen molar-refractivity contribution in [2.24, 2.45) is 0 Å². The van der Waals surface area contributed by atoms with Crippen molar-refractivity contribution in [3.05, 3.63) is 47.4 Å². The first-order chi connectivity index (χ1) is 7.02. The highest BCUT2D eigenvalue weighted by Crippen LogP contribution is 2.12. The highest BCUT2D eigenvalue weighted by molar-refractivity contribution is 6.08. The largest absolute Gasteiger partial charge is 0.383 e. The Hall–Kier alpha value is -1.64. The predicted molar refractivity (Wildman–Crippen MR) is 58.2 cm³/mol. The van der Waals surface area contributed by atoms with Gasteiger partial charge in [-0.2, -0.15) is 0 Å². The molecule has 0 aliphatic carbocycles. The van der Waals surface area contributed by atoms with E-state index in [1.807, 2.05) is 14.1 Å². The molecule has 0 aliphatic rings. The molecule has 0 spiro atoms. The molecule has 0 N–H and O–H groups in total. The number of benzene rings is 1. The van der Waals surface area contributed by atoms with Gasteiger partial charge in [-0.25, -0.2) is 4.39 Å². The summed E-state index contributed by atoms with van der Waals surface area (Å²) in [4.78, 5) is 13.5. The summed E-state index contributed by atoms with van der Waals surface area (Å²) in [6, 6.07) is 6.00. The smallest absolute Gasteiger partial charge is 0.193 e. The molecule has 0 aromatic heterocycles. The van der Waals surface area contributed by atoms with E-state index < -0.39 is 5.82 Å². The van der Waals surface area contributed by atoms with Crippen molar-refractivity contribution in [3.8, 4) is 0 Å². The van der Waals surface area contributed by atoms with Crippen molar-refractivity contribution in [3.63, 3.8) is 0 Å². The lowest BCUT2D eigenvalue weighted by atomic mass is 10.1. The molecule has 0 fully saturated rings. The minimum Gasteiger partial charge on any atom is -0.383 e. The zero-order valence-electron chi connectivity index (χ0n) is 9.12. The van der Waals surface area contributed by atoms with E-state index in [0.717, 1.165) is 0 Å². The molecule has 2 nitrogen and oxygen atoms in total. The van der Waals surface area contributed by atoms with Crippen molar-refractivity contribution in [1.82, 2.24) is 4.90 Å². The van der Waals surface area contributed by atoms with Gasteiger partial charge in [0.25, 0.3) is 0 Å². The highest BCUT2D eigenvalue weighted by atomic mass is 19.1. The standard InChI is InChI=1S/C12H14FNO/c1-9(8-14(2)3)12(15)10-6-4-5-7-11(10)13/h4-8H,1-3H3/b9-8-. The van der Waals surface area contributed by atoms with Crippen LogP contribution in [0.5, 0.6) is 0 Å². The van der Waals surface area contributed by atoms with E-state index in [1.54, 1.807) is 30.2 Å². The third-order valence-electron chi connectivity index (χ3n) is 1.93. The Bertz CT molecular complexity index is 396. The maximum atomic E-state index is 13.3. The molecule has 15 heavy (non-hydrogen) atoms. The fraction of sp³-hybridized carbons (Fsp3) is 0.250. The van der Waals surface area contributed by atoms with Crippen LogP contribution in [0.15, 0.2) is 36.0 Å². The highest BCUT2D eigenvalue weighted by Gasteiger charge is 2.12. The molecule has 0 atom stereocenters. The van der Waals surface area contributed by atoms with Crippen LogP contribution in [0.3, 0.4) is 0 Å². The second kappa shape index (κ2) is 4.73. The topological polar surface area (TPSA) is 20.3 Å². The predicted octanol–water partition coefficient (Wildman–Crippen LogP) is 2.47. The summed E-state index contributed by atoms with van der Waals surface area (Å²) in [5, 5.41) is 0. The van der Waals surface area contributed by atoms with E-state index in [4.69, 9.17) is 0 Å². The van der Waals surface area contributed by atoms with Crippen LogP contribution in [0, 0.1) is 5.82 Å². The maximum Gasteiger partial charge on any atom is 0.193 e. The number of carbonyl (C=O) groups excluding carboxylic acids is 1. The molecule has 0 bridgehead atoms. The molecule has 0 amide bonds. The Labute approximate surface area is 89.0 Å². The molecule has 0 saturated carbocycles. The van der Waals surface area contributed by atoms with Crippen LogP contribution in [0.25, 0.3) is 0 Å². The van der Waals surface area contributed by atoms with Crippen LogP contribution in [0.2, 0.25) is 0 Å². The maximum absolute atomic E-state index is 13.3. The summed E-state index contributed by atoms with van der Waals surface area (Å²) in [5.74, 6) is -0.754. The van der Waals surface area contributed by atoms with Gasteiger partial charge in [-0.3, -0.25) is 4.79 Å². The Morgan fingerprint density at radius 1 is 1.33 bits per heavy atom. The second-order valence-electron chi connectivity index (χ2n) is 3.58. The molecule has 0 unspecified atom stereocenters. The van der Waals surface area contributed by atoms with Gasteiger partial charge in [0.2, 0.25) is 0 Å². The molecule has 0 saturated heterocycles. The lowest BCUT2D eigenvalue weighted by Gasteiger charge is -2.07. The minimum absolute atomic E-state index is 0.119. The third-order valence-corrected chi connectivity index (χ3v) is 1.93. The van der Waals surface area contributed by atoms with Gasteiger partial charge in [-0.1, -0.05) is 12.1 Å². The Morgan fingerprint density at radius 2 is 1.93 bits per heavy atom. The van der Waals surface area contributed by atoms with Gasteiger partial charge in [-0.05, 0) is 19.1 Å². The zero-order chi connectivity index (χ0) is 11.4. The molecule has 1 aromatic carbocycles. The van der Waals surface area contributed by atoms with Crippen molar-refractivity contribution in [1.29, 1.82) is 0 Å². The first-order valence-corrected chi connectivity index (χ1v) is 4.66. The van der Waals surface area contributed by atoms with Crippen LogP contribution >= 0.6 is 0 Å². The molecule has 80 valence electrons. The van der Waals surface area contributed by atoms with Crippen LogP contribution in [-0.4, -0.2) is 24.8 Å². The van der Waals surface area contributed by atoms with Gasteiger partial charge in [-0.15, -0.1) is 0 Å². The Morgan fingerprint density at radius 3 is 2.47 bits per heavy atom. The number of ketones is 1.